The molecule has 0 spiro atoms. The van der Waals surface area contributed by atoms with Gasteiger partial charge >= 0.3 is 0 Å². The molecule has 1 heterocycles. The van der Waals surface area contributed by atoms with E-state index in [0.29, 0.717) is 6.54 Å². The monoisotopic (exact) mass is 302 g/mol. The second-order valence-electron chi connectivity index (χ2n) is 5.07. The molecular weight excluding hydrogens is 283 g/mol. The third kappa shape index (κ3) is 2.65. The Morgan fingerprint density at radius 3 is 2.86 bits per heavy atom. The summed E-state index contributed by atoms with van der Waals surface area (Å²) in [7, 11) is 0. The Labute approximate surface area is 129 Å². The van der Waals surface area contributed by atoms with Crippen LogP contribution < -0.4 is 10.6 Å². The van der Waals surface area contributed by atoms with Crippen molar-refractivity contribution in [3.8, 4) is 0 Å². The van der Waals surface area contributed by atoms with E-state index < -0.39 is 0 Å². The van der Waals surface area contributed by atoms with Crippen molar-refractivity contribution in [3.05, 3.63) is 53.3 Å². The maximum absolute atomic E-state index is 13.6. The van der Waals surface area contributed by atoms with Gasteiger partial charge in [0.15, 0.2) is 0 Å². The number of nitrogens with zero attached hydrogens (tertiary/aromatic N) is 1. The van der Waals surface area contributed by atoms with E-state index >= 15 is 0 Å². The fourth-order valence-electron chi connectivity index (χ4n) is 2.91. The second-order valence-corrected chi connectivity index (χ2v) is 6.37. The van der Waals surface area contributed by atoms with Gasteiger partial charge in [0.1, 0.15) is 5.82 Å². The zero-order chi connectivity index (χ0) is 14.8. The lowest BCUT2D eigenvalue weighted by molar-refractivity contribution is 0.628. The van der Waals surface area contributed by atoms with Crippen LogP contribution in [-0.4, -0.2) is 12.3 Å². The van der Waals surface area contributed by atoms with E-state index in [2.05, 4.69) is 30.0 Å². The Morgan fingerprint density at radius 1 is 1.24 bits per heavy atom. The number of nitrogens with two attached hydrogens (primary N) is 1. The zero-order valence-corrected chi connectivity index (χ0v) is 12.9. The fraction of sp³-hybridized carbons (Fsp3) is 0.294. The number of rotatable bonds is 4. The Balaban J connectivity index is 2.07. The van der Waals surface area contributed by atoms with Crippen LogP contribution in [0.3, 0.4) is 0 Å². The van der Waals surface area contributed by atoms with Crippen molar-refractivity contribution in [2.75, 3.05) is 17.2 Å². The van der Waals surface area contributed by atoms with Gasteiger partial charge in [-0.15, -0.1) is 11.8 Å². The average molecular weight is 302 g/mol. The summed E-state index contributed by atoms with van der Waals surface area (Å²) in [5, 5.41) is 0. The van der Waals surface area contributed by atoms with Gasteiger partial charge in [-0.25, -0.2) is 4.39 Å². The smallest absolute Gasteiger partial charge is 0.125 e. The predicted molar refractivity (Wildman–Crippen MR) is 87.8 cm³/mol. The molecule has 0 amide bonds. The number of hydrogen-bond donors (Lipinski definition) is 1. The van der Waals surface area contributed by atoms with Gasteiger partial charge in [0.2, 0.25) is 0 Å². The molecule has 1 aliphatic heterocycles. The van der Waals surface area contributed by atoms with E-state index in [1.807, 2.05) is 6.07 Å². The first-order chi connectivity index (χ1) is 10.2. The minimum Gasteiger partial charge on any atom is -0.341 e. The lowest BCUT2D eigenvalue weighted by Gasteiger charge is -2.24. The van der Waals surface area contributed by atoms with E-state index in [1.165, 1.54) is 16.5 Å². The Bertz CT molecular complexity index is 657. The van der Waals surface area contributed by atoms with E-state index in [9.17, 15) is 4.39 Å². The number of benzene rings is 2. The van der Waals surface area contributed by atoms with Crippen LogP contribution in [0.2, 0.25) is 0 Å². The number of fused-ring (bicyclic) bond motifs is 1. The maximum Gasteiger partial charge on any atom is 0.125 e. The lowest BCUT2D eigenvalue weighted by Crippen LogP contribution is -2.17. The molecule has 0 saturated carbocycles. The summed E-state index contributed by atoms with van der Waals surface area (Å²) < 4.78 is 13.6. The van der Waals surface area contributed by atoms with E-state index in [4.69, 9.17) is 5.73 Å². The zero-order valence-electron chi connectivity index (χ0n) is 12.1. The normalized spacial score (nSPS) is 13.6. The van der Waals surface area contributed by atoms with Crippen LogP contribution in [0, 0.1) is 5.82 Å². The molecule has 0 aliphatic carbocycles. The van der Waals surface area contributed by atoms with Crippen LogP contribution in [-0.2, 0) is 13.0 Å². The summed E-state index contributed by atoms with van der Waals surface area (Å²) in [6, 6.07) is 11.3. The van der Waals surface area contributed by atoms with Crippen molar-refractivity contribution in [3.63, 3.8) is 0 Å². The number of hydrogen-bond acceptors (Lipinski definition) is 3. The number of anilines is 2. The van der Waals surface area contributed by atoms with Gasteiger partial charge in [0.05, 0.1) is 0 Å². The molecule has 0 aromatic heterocycles. The average Bonchev–Trinajstić information content (AvgIpc) is 2.90. The molecule has 0 atom stereocenters. The summed E-state index contributed by atoms with van der Waals surface area (Å²) >= 11 is 1.80. The summed E-state index contributed by atoms with van der Waals surface area (Å²) in [4.78, 5) is 3.42. The minimum atomic E-state index is -0.186. The maximum atomic E-state index is 13.6. The summed E-state index contributed by atoms with van der Waals surface area (Å²) in [5.41, 5.74) is 10.4. The molecule has 3 rings (SSSR count). The highest BCUT2D eigenvalue weighted by Gasteiger charge is 2.23. The molecule has 2 aromatic carbocycles. The van der Waals surface area contributed by atoms with Gasteiger partial charge in [-0.1, -0.05) is 19.1 Å². The van der Waals surface area contributed by atoms with Crippen LogP contribution in [0.1, 0.15) is 18.1 Å². The van der Waals surface area contributed by atoms with E-state index in [0.717, 1.165) is 35.7 Å². The molecule has 2 nitrogen and oxygen atoms in total. The van der Waals surface area contributed by atoms with Gasteiger partial charge in [0.25, 0.3) is 0 Å². The molecule has 4 heteroatoms. The highest BCUT2D eigenvalue weighted by molar-refractivity contribution is 7.99. The van der Waals surface area contributed by atoms with Crippen molar-refractivity contribution in [1.29, 1.82) is 0 Å². The van der Waals surface area contributed by atoms with E-state index in [-0.39, 0.29) is 5.82 Å². The molecule has 0 saturated heterocycles. The van der Waals surface area contributed by atoms with Crippen LogP contribution in [0.5, 0.6) is 0 Å². The first-order valence-corrected chi connectivity index (χ1v) is 8.24. The van der Waals surface area contributed by atoms with Crippen LogP contribution in [0.15, 0.2) is 41.3 Å². The van der Waals surface area contributed by atoms with Gasteiger partial charge in [-0.2, -0.15) is 0 Å². The Morgan fingerprint density at radius 2 is 2.10 bits per heavy atom. The molecule has 0 radical (unpaired) electrons. The Hall–Kier alpha value is -1.52. The molecule has 0 bridgehead atoms. The van der Waals surface area contributed by atoms with Crippen LogP contribution in [0.25, 0.3) is 0 Å². The molecule has 2 aromatic rings. The van der Waals surface area contributed by atoms with Crippen molar-refractivity contribution >= 4 is 23.1 Å². The quantitative estimate of drug-likeness (QED) is 0.863. The topological polar surface area (TPSA) is 29.3 Å². The molecule has 0 fully saturated rings. The summed E-state index contributed by atoms with van der Waals surface area (Å²) in [5.74, 6) is 0.829. The van der Waals surface area contributed by atoms with Crippen LogP contribution >= 0.6 is 11.8 Å². The highest BCUT2D eigenvalue weighted by Crippen LogP contribution is 2.39. The SMILES string of the molecule is CCSc1cccc(N2CCc3ccc(F)cc32)c1CN. The second kappa shape index (κ2) is 6.08. The summed E-state index contributed by atoms with van der Waals surface area (Å²) in [6.45, 7) is 3.52. The highest BCUT2D eigenvalue weighted by atomic mass is 32.2. The standard InChI is InChI=1S/C17H19FN2S/c1-2-21-17-5-3-4-15(14(17)11-19)20-9-8-12-6-7-13(18)10-16(12)20/h3-7,10H,2,8-9,11,19H2,1H3. The van der Waals surface area contributed by atoms with Crippen molar-refractivity contribution in [1.82, 2.24) is 0 Å². The van der Waals surface area contributed by atoms with E-state index in [1.54, 1.807) is 17.8 Å². The third-order valence-electron chi connectivity index (χ3n) is 3.85. The van der Waals surface area contributed by atoms with Crippen molar-refractivity contribution < 1.29 is 4.39 Å². The first-order valence-electron chi connectivity index (χ1n) is 7.25. The first kappa shape index (κ1) is 14.4. The molecule has 2 N–H and O–H groups in total. The summed E-state index contributed by atoms with van der Waals surface area (Å²) in [6.07, 6.45) is 0.949. The predicted octanol–water partition coefficient (Wildman–Crippen LogP) is 4.09. The molecule has 1 aliphatic rings. The minimum absolute atomic E-state index is 0.186. The van der Waals surface area contributed by atoms with Gasteiger partial charge in [-0.3, -0.25) is 0 Å². The molecular formula is C17H19FN2S. The van der Waals surface area contributed by atoms with Gasteiger partial charge in [-0.05, 0) is 42.0 Å². The Kier molecular flexibility index (Phi) is 4.17. The van der Waals surface area contributed by atoms with Gasteiger partial charge < -0.3 is 10.6 Å². The van der Waals surface area contributed by atoms with Crippen molar-refractivity contribution in [2.45, 2.75) is 24.8 Å². The van der Waals surface area contributed by atoms with Gasteiger partial charge in [0, 0.05) is 34.9 Å². The largest absolute Gasteiger partial charge is 0.341 e. The number of halogens is 1. The number of thioether (sulfide) groups is 1. The molecule has 0 unspecified atom stereocenters. The third-order valence-corrected chi connectivity index (χ3v) is 4.83. The van der Waals surface area contributed by atoms with Crippen molar-refractivity contribution in [2.24, 2.45) is 5.73 Å². The fourth-order valence-corrected chi connectivity index (χ4v) is 3.75. The lowest BCUT2D eigenvalue weighted by atomic mass is 10.1. The molecule has 110 valence electrons. The molecule has 21 heavy (non-hydrogen) atoms. The van der Waals surface area contributed by atoms with Crippen LogP contribution in [0.4, 0.5) is 15.8 Å².